The smallest absolute Gasteiger partial charge is 0.145 e. The average Bonchev–Trinajstić information content (AvgIpc) is 2.34. The van der Waals surface area contributed by atoms with Crippen molar-refractivity contribution in [3.8, 4) is 0 Å². The molecule has 1 aliphatic heterocycles. The van der Waals surface area contributed by atoms with Gasteiger partial charge in [-0.3, -0.25) is 0 Å². The summed E-state index contributed by atoms with van der Waals surface area (Å²) >= 11 is 0. The molecule has 1 unspecified atom stereocenters. The van der Waals surface area contributed by atoms with Gasteiger partial charge in [0.2, 0.25) is 0 Å². The molecule has 0 bridgehead atoms. The number of hydrogen-bond acceptors (Lipinski definition) is 3. The number of hydrogen-bond donors (Lipinski definition) is 3. The minimum atomic E-state index is -0.421. The van der Waals surface area contributed by atoms with E-state index in [9.17, 15) is 5.11 Å². The zero-order valence-electron chi connectivity index (χ0n) is 5.85. The molecule has 0 radical (unpaired) electrons. The van der Waals surface area contributed by atoms with Gasteiger partial charge in [0.25, 0.3) is 0 Å². The van der Waals surface area contributed by atoms with Gasteiger partial charge < -0.3 is 10.5 Å². The molecule has 0 spiro atoms. The Kier molecular flexibility index (Phi) is 1.39. The van der Waals surface area contributed by atoms with Gasteiger partial charge in [-0.2, -0.15) is 0 Å². The maximum Gasteiger partial charge on any atom is 0.145 e. The number of hydrazine groups is 1. The second-order valence-electron chi connectivity index (χ2n) is 2.88. The van der Waals surface area contributed by atoms with Crippen LogP contribution in [-0.2, 0) is 0 Å². The molecule has 1 atom stereocenters. The molecule has 10 heavy (non-hydrogen) atoms. The van der Waals surface area contributed by atoms with E-state index in [0.29, 0.717) is 0 Å². The molecule has 1 heterocycles. The molecule has 3 N–H and O–H groups in total. The number of rotatable bonds is 0. The van der Waals surface area contributed by atoms with Crippen molar-refractivity contribution in [2.45, 2.75) is 31.9 Å². The lowest BCUT2D eigenvalue weighted by atomic mass is 9.97. The molecule has 2 rings (SSSR count). The van der Waals surface area contributed by atoms with Gasteiger partial charge in [-0.05, 0) is 31.3 Å². The lowest BCUT2D eigenvalue weighted by Gasteiger charge is -2.12. The predicted molar refractivity (Wildman–Crippen MR) is 37.8 cm³/mol. The quantitative estimate of drug-likeness (QED) is 0.451. The van der Waals surface area contributed by atoms with Gasteiger partial charge in [0.15, 0.2) is 0 Å². The zero-order valence-corrected chi connectivity index (χ0v) is 5.85. The van der Waals surface area contributed by atoms with E-state index in [2.05, 4.69) is 10.9 Å². The highest BCUT2D eigenvalue weighted by Gasteiger charge is 2.24. The van der Waals surface area contributed by atoms with E-state index in [1.165, 1.54) is 24.1 Å². The molecule has 0 fully saturated rings. The van der Waals surface area contributed by atoms with Crippen molar-refractivity contribution in [3.63, 3.8) is 0 Å². The van der Waals surface area contributed by atoms with Crippen LogP contribution in [0.4, 0.5) is 0 Å². The maximum atomic E-state index is 9.29. The first-order valence-electron chi connectivity index (χ1n) is 3.79. The van der Waals surface area contributed by atoms with Crippen molar-refractivity contribution in [1.82, 2.24) is 10.9 Å². The van der Waals surface area contributed by atoms with Crippen molar-refractivity contribution in [2.75, 3.05) is 0 Å². The Labute approximate surface area is 60.1 Å². The Hall–Kier alpha value is -0.540. The molecule has 0 saturated heterocycles. The van der Waals surface area contributed by atoms with Crippen LogP contribution in [0.3, 0.4) is 0 Å². The Bertz CT molecular complexity index is 176. The molecule has 3 heteroatoms. The summed E-state index contributed by atoms with van der Waals surface area (Å²) in [4.78, 5) is 0. The fraction of sp³-hybridized carbons (Fsp3) is 0.714. The van der Waals surface area contributed by atoms with Gasteiger partial charge in [-0.25, -0.2) is 5.43 Å². The third kappa shape index (κ3) is 0.822. The van der Waals surface area contributed by atoms with E-state index in [0.717, 1.165) is 12.8 Å². The minimum Gasteiger partial charge on any atom is -0.373 e. The molecular formula is C7H12N2O. The summed E-state index contributed by atoms with van der Waals surface area (Å²) in [6, 6.07) is 0. The summed E-state index contributed by atoms with van der Waals surface area (Å²) in [6.45, 7) is 0. The number of allylic oxidation sites excluding steroid dienone is 1. The molecule has 0 aromatic heterocycles. The SMILES string of the molecule is OC1NNC2=C1CCCC2. The monoisotopic (exact) mass is 140 g/mol. The number of aliphatic hydroxyl groups excluding tert-OH is 1. The Morgan fingerprint density at radius 1 is 1.30 bits per heavy atom. The molecule has 0 saturated carbocycles. The number of aliphatic hydroxyl groups is 1. The largest absolute Gasteiger partial charge is 0.373 e. The summed E-state index contributed by atoms with van der Waals surface area (Å²) < 4.78 is 0. The van der Waals surface area contributed by atoms with Crippen LogP contribution in [0.15, 0.2) is 11.3 Å². The van der Waals surface area contributed by atoms with E-state index in [4.69, 9.17) is 0 Å². The predicted octanol–water partition coefficient (Wildman–Crippen LogP) is 0.241. The van der Waals surface area contributed by atoms with Gasteiger partial charge in [-0.15, -0.1) is 0 Å². The maximum absolute atomic E-state index is 9.29. The normalized spacial score (nSPS) is 31.9. The molecule has 56 valence electrons. The third-order valence-corrected chi connectivity index (χ3v) is 2.20. The fourth-order valence-electron chi connectivity index (χ4n) is 1.62. The fourth-order valence-corrected chi connectivity index (χ4v) is 1.62. The van der Waals surface area contributed by atoms with Gasteiger partial charge >= 0.3 is 0 Å². The highest BCUT2D eigenvalue weighted by atomic mass is 16.3. The van der Waals surface area contributed by atoms with Crippen LogP contribution in [-0.4, -0.2) is 11.3 Å². The zero-order chi connectivity index (χ0) is 6.97. The van der Waals surface area contributed by atoms with E-state index < -0.39 is 6.23 Å². The highest BCUT2D eigenvalue weighted by molar-refractivity contribution is 5.22. The minimum absolute atomic E-state index is 0.421. The summed E-state index contributed by atoms with van der Waals surface area (Å²) in [7, 11) is 0. The molecule has 1 aliphatic carbocycles. The molecule has 0 aromatic carbocycles. The standard InChI is InChI=1S/C7H12N2O/c10-7-5-3-1-2-4-6(5)8-9-7/h7-10H,1-4H2. The van der Waals surface area contributed by atoms with E-state index in [-0.39, 0.29) is 0 Å². The summed E-state index contributed by atoms with van der Waals surface area (Å²) in [5.41, 5.74) is 8.17. The first kappa shape index (κ1) is 6.19. The van der Waals surface area contributed by atoms with Crippen molar-refractivity contribution in [1.29, 1.82) is 0 Å². The molecule has 2 aliphatic rings. The van der Waals surface area contributed by atoms with Crippen molar-refractivity contribution in [3.05, 3.63) is 11.3 Å². The molecule has 0 aromatic rings. The van der Waals surface area contributed by atoms with E-state index in [1.807, 2.05) is 0 Å². The lowest BCUT2D eigenvalue weighted by Crippen LogP contribution is -2.32. The van der Waals surface area contributed by atoms with Gasteiger partial charge in [0.05, 0.1) is 0 Å². The van der Waals surface area contributed by atoms with E-state index in [1.54, 1.807) is 0 Å². The molecule has 0 amide bonds. The van der Waals surface area contributed by atoms with Crippen LogP contribution >= 0.6 is 0 Å². The van der Waals surface area contributed by atoms with Crippen LogP contribution in [0.5, 0.6) is 0 Å². The van der Waals surface area contributed by atoms with Crippen LogP contribution in [0, 0.1) is 0 Å². The van der Waals surface area contributed by atoms with Crippen LogP contribution in [0.2, 0.25) is 0 Å². The Morgan fingerprint density at radius 3 is 2.90 bits per heavy atom. The van der Waals surface area contributed by atoms with Gasteiger partial charge in [0.1, 0.15) is 6.23 Å². The van der Waals surface area contributed by atoms with Gasteiger partial charge in [-0.1, -0.05) is 0 Å². The second-order valence-corrected chi connectivity index (χ2v) is 2.88. The molecule has 3 nitrogen and oxygen atoms in total. The number of nitrogens with one attached hydrogen (secondary N) is 2. The summed E-state index contributed by atoms with van der Waals surface area (Å²) in [5.74, 6) is 0. The first-order chi connectivity index (χ1) is 4.88. The molecular weight excluding hydrogens is 128 g/mol. The van der Waals surface area contributed by atoms with Crippen LogP contribution in [0.25, 0.3) is 0 Å². The second kappa shape index (κ2) is 2.25. The lowest BCUT2D eigenvalue weighted by molar-refractivity contribution is 0.172. The van der Waals surface area contributed by atoms with Crippen molar-refractivity contribution >= 4 is 0 Å². The first-order valence-corrected chi connectivity index (χ1v) is 3.79. The Morgan fingerprint density at radius 2 is 2.10 bits per heavy atom. The van der Waals surface area contributed by atoms with Gasteiger partial charge in [0, 0.05) is 5.70 Å². The summed E-state index contributed by atoms with van der Waals surface area (Å²) in [6.07, 6.45) is 4.20. The average molecular weight is 140 g/mol. The third-order valence-electron chi connectivity index (χ3n) is 2.20. The summed E-state index contributed by atoms with van der Waals surface area (Å²) in [5, 5.41) is 9.29. The topological polar surface area (TPSA) is 44.3 Å². The van der Waals surface area contributed by atoms with E-state index >= 15 is 0 Å². The van der Waals surface area contributed by atoms with Crippen LogP contribution in [0.1, 0.15) is 25.7 Å². The van der Waals surface area contributed by atoms with Crippen molar-refractivity contribution in [2.24, 2.45) is 0 Å². The van der Waals surface area contributed by atoms with Crippen molar-refractivity contribution < 1.29 is 5.11 Å². The Balaban J connectivity index is 2.20. The van der Waals surface area contributed by atoms with Crippen LogP contribution < -0.4 is 10.9 Å². The highest BCUT2D eigenvalue weighted by Crippen LogP contribution is 2.26.